The molecule has 1 saturated heterocycles. The molecule has 1 aliphatic rings. The van der Waals surface area contributed by atoms with Gasteiger partial charge in [0, 0.05) is 11.3 Å². The van der Waals surface area contributed by atoms with Crippen LogP contribution in [0.3, 0.4) is 0 Å². The molecule has 3 rings (SSSR count). The molecule has 1 amide bonds. The number of esters is 1. The highest BCUT2D eigenvalue weighted by molar-refractivity contribution is 6.54. The fourth-order valence-electron chi connectivity index (χ4n) is 3.01. The van der Waals surface area contributed by atoms with E-state index < -0.39 is 34.7 Å². The van der Waals surface area contributed by atoms with Crippen molar-refractivity contribution in [3.8, 4) is 5.75 Å². The molecular formula is C20H17NO7. The molecule has 144 valence electrons. The van der Waals surface area contributed by atoms with Crippen LogP contribution < -0.4 is 9.64 Å². The number of hydrogen-bond donors (Lipinski definition) is 2. The molecule has 0 spiro atoms. The lowest BCUT2D eigenvalue weighted by atomic mass is 9.97. The zero-order valence-electron chi connectivity index (χ0n) is 15.1. The third kappa shape index (κ3) is 2.80. The van der Waals surface area contributed by atoms with Crippen molar-refractivity contribution in [2.75, 3.05) is 19.1 Å². The molecule has 2 aromatic rings. The molecule has 1 atom stereocenters. The molecule has 1 fully saturated rings. The number of methoxy groups -OCH3 is 2. The van der Waals surface area contributed by atoms with Gasteiger partial charge in [-0.3, -0.25) is 14.5 Å². The average molecular weight is 383 g/mol. The number of benzene rings is 2. The van der Waals surface area contributed by atoms with Crippen molar-refractivity contribution in [1.82, 2.24) is 0 Å². The van der Waals surface area contributed by atoms with Crippen molar-refractivity contribution in [1.29, 1.82) is 0 Å². The Balaban J connectivity index is 2.25. The van der Waals surface area contributed by atoms with Crippen LogP contribution in [-0.4, -0.2) is 47.8 Å². The Morgan fingerprint density at radius 3 is 2.14 bits per heavy atom. The van der Waals surface area contributed by atoms with E-state index in [1.165, 1.54) is 43.5 Å². The molecule has 0 saturated carbocycles. The SMILES string of the molecule is COC(=O)[C@@]1(O)/C(=C(\O)c2ccccc2)C(=O)C(=O)N1c1ccc(OC)cc1. The van der Waals surface area contributed by atoms with Crippen LogP contribution in [0.5, 0.6) is 5.75 Å². The van der Waals surface area contributed by atoms with Crippen molar-refractivity contribution in [2.45, 2.75) is 5.72 Å². The first kappa shape index (κ1) is 19.1. The fourth-order valence-corrected chi connectivity index (χ4v) is 3.01. The number of aliphatic hydroxyl groups excluding tert-OH is 1. The quantitative estimate of drug-likeness (QED) is 0.355. The summed E-state index contributed by atoms with van der Waals surface area (Å²) in [5, 5.41) is 21.8. The topological polar surface area (TPSA) is 113 Å². The molecule has 0 radical (unpaired) electrons. The minimum atomic E-state index is -2.84. The first-order chi connectivity index (χ1) is 13.4. The highest BCUT2D eigenvalue weighted by atomic mass is 16.5. The van der Waals surface area contributed by atoms with Gasteiger partial charge in [-0.05, 0) is 24.3 Å². The largest absolute Gasteiger partial charge is 0.507 e. The summed E-state index contributed by atoms with van der Waals surface area (Å²) in [6.45, 7) is 0. The number of nitrogens with zero attached hydrogens (tertiary/aromatic N) is 1. The zero-order valence-corrected chi connectivity index (χ0v) is 15.1. The molecule has 8 heteroatoms. The summed E-state index contributed by atoms with van der Waals surface area (Å²) < 4.78 is 9.69. The van der Waals surface area contributed by atoms with Gasteiger partial charge in [0.05, 0.1) is 14.2 Å². The lowest BCUT2D eigenvalue weighted by Crippen LogP contribution is -2.54. The summed E-state index contributed by atoms with van der Waals surface area (Å²) in [5.41, 5.74) is -3.41. The molecule has 0 bridgehead atoms. The summed E-state index contributed by atoms with van der Waals surface area (Å²) in [6.07, 6.45) is 0. The lowest BCUT2D eigenvalue weighted by molar-refractivity contribution is -0.158. The molecule has 0 aromatic heterocycles. The number of carbonyl (C=O) groups is 3. The summed E-state index contributed by atoms with van der Waals surface area (Å²) in [5.74, 6) is -3.92. The lowest BCUT2D eigenvalue weighted by Gasteiger charge is -2.30. The van der Waals surface area contributed by atoms with E-state index in [9.17, 15) is 24.6 Å². The number of anilines is 1. The summed E-state index contributed by atoms with van der Waals surface area (Å²) in [6, 6.07) is 13.5. The molecule has 1 heterocycles. The smallest absolute Gasteiger partial charge is 0.365 e. The van der Waals surface area contributed by atoms with Gasteiger partial charge in [0.25, 0.3) is 11.5 Å². The van der Waals surface area contributed by atoms with Gasteiger partial charge in [0.1, 0.15) is 17.1 Å². The Labute approximate surface area is 160 Å². The second-order valence-corrected chi connectivity index (χ2v) is 5.92. The third-order valence-corrected chi connectivity index (χ3v) is 4.38. The van der Waals surface area contributed by atoms with Gasteiger partial charge in [-0.25, -0.2) is 4.79 Å². The predicted octanol–water partition coefficient (Wildman–Crippen LogP) is 1.44. The molecule has 28 heavy (non-hydrogen) atoms. The van der Waals surface area contributed by atoms with E-state index in [1.54, 1.807) is 18.2 Å². The van der Waals surface area contributed by atoms with Gasteiger partial charge in [-0.15, -0.1) is 0 Å². The summed E-state index contributed by atoms with van der Waals surface area (Å²) in [7, 11) is 2.44. The molecule has 8 nitrogen and oxygen atoms in total. The molecule has 0 aliphatic carbocycles. The second-order valence-electron chi connectivity index (χ2n) is 5.92. The maximum Gasteiger partial charge on any atom is 0.365 e. The Bertz CT molecular complexity index is 966. The maximum absolute atomic E-state index is 12.7. The van der Waals surface area contributed by atoms with E-state index >= 15 is 0 Å². The van der Waals surface area contributed by atoms with Crippen LogP contribution in [0.1, 0.15) is 5.56 Å². The van der Waals surface area contributed by atoms with Crippen LogP contribution in [0.2, 0.25) is 0 Å². The van der Waals surface area contributed by atoms with Crippen LogP contribution >= 0.6 is 0 Å². The highest BCUT2D eigenvalue weighted by Gasteiger charge is 2.62. The molecule has 2 aromatic carbocycles. The van der Waals surface area contributed by atoms with E-state index in [4.69, 9.17) is 4.74 Å². The minimum Gasteiger partial charge on any atom is -0.507 e. The number of rotatable bonds is 4. The number of ether oxygens (including phenoxy) is 2. The van der Waals surface area contributed by atoms with Gasteiger partial charge >= 0.3 is 11.9 Å². The van der Waals surface area contributed by atoms with Gasteiger partial charge < -0.3 is 19.7 Å². The fraction of sp³-hybridized carbons (Fsp3) is 0.150. The molecule has 1 aliphatic heterocycles. The zero-order chi connectivity index (χ0) is 20.5. The Hall–Kier alpha value is -3.65. The third-order valence-electron chi connectivity index (χ3n) is 4.38. The normalized spacial score (nSPS) is 20.9. The number of ketones is 1. The van der Waals surface area contributed by atoms with E-state index in [2.05, 4.69) is 4.74 Å². The van der Waals surface area contributed by atoms with E-state index in [-0.39, 0.29) is 11.3 Å². The van der Waals surface area contributed by atoms with Crippen LogP contribution in [0.25, 0.3) is 5.76 Å². The molecule has 2 N–H and O–H groups in total. The first-order valence-corrected chi connectivity index (χ1v) is 8.19. The standard InChI is InChI=1S/C20H17NO7/c1-27-14-10-8-13(9-11-14)21-18(24)17(23)15(20(21,26)19(25)28-2)16(22)12-6-4-3-5-7-12/h3-11,22,26H,1-2H3/b16-15-/t20-/m0/s1. The van der Waals surface area contributed by atoms with Gasteiger partial charge in [-0.2, -0.15) is 0 Å². The van der Waals surface area contributed by atoms with Gasteiger partial charge in [0.15, 0.2) is 0 Å². The van der Waals surface area contributed by atoms with E-state index in [0.717, 1.165) is 7.11 Å². The monoisotopic (exact) mass is 383 g/mol. The Morgan fingerprint density at radius 2 is 1.61 bits per heavy atom. The van der Waals surface area contributed by atoms with Crippen LogP contribution in [0.15, 0.2) is 60.2 Å². The van der Waals surface area contributed by atoms with Crippen LogP contribution in [0.4, 0.5) is 5.69 Å². The van der Waals surface area contributed by atoms with Crippen molar-refractivity contribution in [3.05, 3.63) is 65.7 Å². The Kier molecular flexibility index (Phi) is 4.89. The molecule has 0 unspecified atom stereocenters. The Morgan fingerprint density at radius 1 is 1.00 bits per heavy atom. The maximum atomic E-state index is 12.7. The van der Waals surface area contributed by atoms with Crippen molar-refractivity contribution >= 4 is 29.1 Å². The van der Waals surface area contributed by atoms with Crippen LogP contribution in [0, 0.1) is 0 Å². The van der Waals surface area contributed by atoms with Crippen molar-refractivity contribution in [3.63, 3.8) is 0 Å². The van der Waals surface area contributed by atoms with Crippen molar-refractivity contribution < 1.29 is 34.1 Å². The summed E-state index contributed by atoms with van der Waals surface area (Å²) in [4.78, 5) is 38.4. The number of Topliss-reactive ketones (excluding diaryl/α,β-unsaturated/α-hetero) is 1. The number of carbonyl (C=O) groups excluding carboxylic acids is 3. The second kappa shape index (κ2) is 7.16. The number of amides is 1. The predicted molar refractivity (Wildman–Crippen MR) is 98.4 cm³/mol. The highest BCUT2D eigenvalue weighted by Crippen LogP contribution is 2.40. The number of hydrogen-bond acceptors (Lipinski definition) is 7. The van der Waals surface area contributed by atoms with E-state index in [0.29, 0.717) is 10.6 Å². The van der Waals surface area contributed by atoms with Gasteiger partial charge in [-0.1, -0.05) is 30.3 Å². The summed E-state index contributed by atoms with van der Waals surface area (Å²) >= 11 is 0. The van der Waals surface area contributed by atoms with E-state index in [1.807, 2.05) is 0 Å². The van der Waals surface area contributed by atoms with Crippen molar-refractivity contribution in [2.24, 2.45) is 0 Å². The number of aliphatic hydroxyl groups is 2. The minimum absolute atomic E-state index is 0.0444. The first-order valence-electron chi connectivity index (χ1n) is 8.19. The van der Waals surface area contributed by atoms with Gasteiger partial charge in [0.2, 0.25) is 0 Å². The molecular weight excluding hydrogens is 366 g/mol. The van der Waals surface area contributed by atoms with Crippen LogP contribution in [-0.2, 0) is 19.1 Å². The average Bonchev–Trinajstić information content (AvgIpc) is 2.94.